The predicted octanol–water partition coefficient (Wildman–Crippen LogP) is 5.49. The maximum Gasteiger partial charge on any atom is 0.228 e. The lowest BCUT2D eigenvalue weighted by Gasteiger charge is -2.30. The highest BCUT2D eigenvalue weighted by atomic mass is 79.9. The molecule has 1 aliphatic heterocycles. The molecule has 0 N–H and O–H groups in total. The van der Waals surface area contributed by atoms with Gasteiger partial charge in [0.25, 0.3) is 0 Å². The molecule has 2 heterocycles. The van der Waals surface area contributed by atoms with Gasteiger partial charge in [0.1, 0.15) is 5.52 Å². The van der Waals surface area contributed by atoms with Gasteiger partial charge >= 0.3 is 0 Å². The molecule has 1 unspecified atom stereocenters. The van der Waals surface area contributed by atoms with Gasteiger partial charge in [-0.1, -0.05) is 25.1 Å². The van der Waals surface area contributed by atoms with Crippen molar-refractivity contribution in [2.24, 2.45) is 5.92 Å². The molecular weight excluding hydrogens is 364 g/mol. The van der Waals surface area contributed by atoms with Crippen LogP contribution in [0.4, 0.5) is 0 Å². The number of hydrogen-bond donors (Lipinski definition) is 0. The molecule has 0 saturated carbocycles. The highest BCUT2D eigenvalue weighted by molar-refractivity contribution is 9.10. The van der Waals surface area contributed by atoms with Crippen molar-refractivity contribution in [2.45, 2.75) is 26.3 Å². The van der Waals surface area contributed by atoms with Crippen molar-refractivity contribution in [3.63, 3.8) is 0 Å². The minimum Gasteiger partial charge on any atom is -0.436 e. The first-order valence-electron chi connectivity index (χ1n) is 8.56. The monoisotopic (exact) mass is 384 g/mol. The summed E-state index contributed by atoms with van der Waals surface area (Å²) in [4.78, 5) is 7.24. The smallest absolute Gasteiger partial charge is 0.228 e. The van der Waals surface area contributed by atoms with Crippen molar-refractivity contribution >= 4 is 27.0 Å². The average Bonchev–Trinajstić information content (AvgIpc) is 2.98. The summed E-state index contributed by atoms with van der Waals surface area (Å²) in [6, 6.07) is 14.4. The number of aromatic nitrogens is 1. The molecule has 4 rings (SSSR count). The summed E-state index contributed by atoms with van der Waals surface area (Å²) in [5, 5.41) is 0. The molecule has 124 valence electrons. The first kappa shape index (κ1) is 15.9. The van der Waals surface area contributed by atoms with Crippen molar-refractivity contribution in [1.29, 1.82) is 0 Å². The quantitative estimate of drug-likeness (QED) is 0.597. The zero-order valence-electron chi connectivity index (χ0n) is 13.8. The van der Waals surface area contributed by atoms with Crippen LogP contribution in [0.3, 0.4) is 0 Å². The fraction of sp³-hybridized carbons (Fsp3) is 0.350. The maximum atomic E-state index is 5.94. The first-order chi connectivity index (χ1) is 11.7. The molecule has 3 nitrogen and oxygen atoms in total. The lowest BCUT2D eigenvalue weighted by atomic mass is 10.00. The standard InChI is InChI=1S/C20H21BrN2O/c1-14-5-4-10-23(12-14)13-15-8-9-19-18(11-15)22-20(24-19)16-6-2-3-7-17(16)21/h2-3,6-9,11,14H,4-5,10,12-13H2,1H3. The molecule has 2 aromatic carbocycles. The summed E-state index contributed by atoms with van der Waals surface area (Å²) < 4.78 is 6.94. The Balaban J connectivity index is 1.60. The maximum absolute atomic E-state index is 5.94. The van der Waals surface area contributed by atoms with Crippen molar-refractivity contribution in [3.8, 4) is 11.5 Å². The van der Waals surface area contributed by atoms with E-state index in [2.05, 4.69) is 39.9 Å². The van der Waals surface area contributed by atoms with E-state index in [4.69, 9.17) is 9.40 Å². The second-order valence-corrected chi connectivity index (χ2v) is 7.64. The number of fused-ring (bicyclic) bond motifs is 1. The van der Waals surface area contributed by atoms with Crippen molar-refractivity contribution in [3.05, 3.63) is 52.5 Å². The molecule has 1 fully saturated rings. The Morgan fingerprint density at radius 1 is 1.25 bits per heavy atom. The molecule has 1 saturated heterocycles. The van der Waals surface area contributed by atoms with Gasteiger partial charge in [0.15, 0.2) is 5.58 Å². The van der Waals surface area contributed by atoms with E-state index in [1.807, 2.05) is 30.3 Å². The Labute approximate surface area is 150 Å². The van der Waals surface area contributed by atoms with Gasteiger partial charge in [-0.25, -0.2) is 4.98 Å². The van der Waals surface area contributed by atoms with Gasteiger partial charge in [-0.05, 0) is 71.1 Å². The van der Waals surface area contributed by atoms with Crippen LogP contribution in [0.2, 0.25) is 0 Å². The Bertz CT molecular complexity index is 858. The van der Waals surface area contributed by atoms with E-state index in [-0.39, 0.29) is 0 Å². The van der Waals surface area contributed by atoms with Crippen molar-refractivity contribution in [2.75, 3.05) is 13.1 Å². The predicted molar refractivity (Wildman–Crippen MR) is 101 cm³/mol. The average molecular weight is 385 g/mol. The summed E-state index contributed by atoms with van der Waals surface area (Å²) >= 11 is 3.57. The Kier molecular flexibility index (Phi) is 4.42. The van der Waals surface area contributed by atoms with E-state index in [0.717, 1.165) is 33.6 Å². The second kappa shape index (κ2) is 6.69. The summed E-state index contributed by atoms with van der Waals surface area (Å²) in [5.41, 5.74) is 4.07. The lowest BCUT2D eigenvalue weighted by molar-refractivity contribution is 0.176. The normalized spacial score (nSPS) is 19.0. The van der Waals surface area contributed by atoms with Crippen LogP contribution in [0, 0.1) is 5.92 Å². The van der Waals surface area contributed by atoms with Gasteiger partial charge < -0.3 is 4.42 Å². The van der Waals surface area contributed by atoms with Crippen LogP contribution >= 0.6 is 15.9 Å². The first-order valence-corrected chi connectivity index (χ1v) is 9.35. The number of likely N-dealkylation sites (tertiary alicyclic amines) is 1. The van der Waals surface area contributed by atoms with Crippen LogP contribution in [-0.4, -0.2) is 23.0 Å². The van der Waals surface area contributed by atoms with E-state index in [1.165, 1.54) is 31.5 Å². The Hall–Kier alpha value is -1.65. The third kappa shape index (κ3) is 3.26. The number of benzene rings is 2. The number of rotatable bonds is 3. The molecule has 1 aromatic heterocycles. The van der Waals surface area contributed by atoms with Crippen molar-refractivity contribution in [1.82, 2.24) is 9.88 Å². The minimum atomic E-state index is 0.668. The number of piperidine rings is 1. The van der Waals surface area contributed by atoms with Gasteiger partial charge in [-0.15, -0.1) is 0 Å². The summed E-state index contributed by atoms with van der Waals surface area (Å²) in [6.45, 7) is 5.73. The van der Waals surface area contributed by atoms with Crippen LogP contribution < -0.4 is 0 Å². The molecular formula is C20H21BrN2O. The van der Waals surface area contributed by atoms with Gasteiger partial charge in [0.2, 0.25) is 5.89 Å². The molecule has 0 aliphatic carbocycles. The number of halogens is 1. The molecule has 1 aliphatic rings. The zero-order valence-corrected chi connectivity index (χ0v) is 15.4. The third-order valence-electron chi connectivity index (χ3n) is 4.70. The van der Waals surface area contributed by atoms with E-state index >= 15 is 0 Å². The second-order valence-electron chi connectivity index (χ2n) is 6.78. The largest absolute Gasteiger partial charge is 0.436 e. The Morgan fingerprint density at radius 3 is 2.96 bits per heavy atom. The number of oxazole rings is 1. The van der Waals surface area contributed by atoms with Crippen LogP contribution in [0.1, 0.15) is 25.3 Å². The fourth-order valence-electron chi connectivity index (χ4n) is 3.51. The van der Waals surface area contributed by atoms with Gasteiger partial charge in [-0.2, -0.15) is 0 Å². The minimum absolute atomic E-state index is 0.668. The molecule has 0 bridgehead atoms. The number of hydrogen-bond acceptors (Lipinski definition) is 3. The number of nitrogens with zero attached hydrogens (tertiary/aromatic N) is 2. The molecule has 1 atom stereocenters. The zero-order chi connectivity index (χ0) is 16.5. The molecule has 24 heavy (non-hydrogen) atoms. The topological polar surface area (TPSA) is 29.3 Å². The molecule has 3 aromatic rings. The fourth-order valence-corrected chi connectivity index (χ4v) is 3.96. The summed E-state index contributed by atoms with van der Waals surface area (Å²) in [7, 11) is 0. The molecule has 0 spiro atoms. The summed E-state index contributed by atoms with van der Waals surface area (Å²) in [6.07, 6.45) is 2.66. The SMILES string of the molecule is CC1CCCN(Cc2ccc3oc(-c4ccccc4Br)nc3c2)C1. The van der Waals surface area contributed by atoms with Gasteiger partial charge in [0.05, 0.1) is 5.56 Å². The summed E-state index contributed by atoms with van der Waals surface area (Å²) in [5.74, 6) is 1.47. The van der Waals surface area contributed by atoms with Crippen molar-refractivity contribution < 1.29 is 4.42 Å². The third-order valence-corrected chi connectivity index (χ3v) is 5.40. The highest BCUT2D eigenvalue weighted by Gasteiger charge is 2.17. The van der Waals surface area contributed by atoms with E-state index < -0.39 is 0 Å². The lowest BCUT2D eigenvalue weighted by Crippen LogP contribution is -2.33. The molecule has 0 amide bonds. The van der Waals surface area contributed by atoms with E-state index in [9.17, 15) is 0 Å². The van der Waals surface area contributed by atoms with Crippen LogP contribution in [0.15, 0.2) is 51.4 Å². The van der Waals surface area contributed by atoms with Crippen LogP contribution in [0.25, 0.3) is 22.6 Å². The van der Waals surface area contributed by atoms with Gasteiger partial charge in [0, 0.05) is 17.6 Å². The molecule has 4 heteroatoms. The van der Waals surface area contributed by atoms with Gasteiger partial charge in [-0.3, -0.25) is 4.90 Å². The Morgan fingerprint density at radius 2 is 2.12 bits per heavy atom. The van der Waals surface area contributed by atoms with Crippen LogP contribution in [0.5, 0.6) is 0 Å². The van der Waals surface area contributed by atoms with E-state index in [0.29, 0.717) is 5.89 Å². The highest BCUT2D eigenvalue weighted by Crippen LogP contribution is 2.30. The molecule has 0 radical (unpaired) electrons. The van der Waals surface area contributed by atoms with Crippen LogP contribution in [-0.2, 0) is 6.54 Å². The van der Waals surface area contributed by atoms with E-state index in [1.54, 1.807) is 0 Å².